The van der Waals surface area contributed by atoms with Crippen LogP contribution in [0.5, 0.6) is 0 Å². The summed E-state index contributed by atoms with van der Waals surface area (Å²) in [6.07, 6.45) is 3.19. The Morgan fingerprint density at radius 3 is 2.62 bits per heavy atom. The van der Waals surface area contributed by atoms with E-state index in [-0.39, 0.29) is 23.8 Å². The summed E-state index contributed by atoms with van der Waals surface area (Å²) in [5.41, 5.74) is 6.85. The molecule has 2 atom stereocenters. The maximum atomic E-state index is 12.7. The predicted octanol–water partition coefficient (Wildman–Crippen LogP) is 3.28. The van der Waals surface area contributed by atoms with Crippen LogP contribution >= 0.6 is 11.6 Å². The quantitative estimate of drug-likeness (QED) is 0.874. The van der Waals surface area contributed by atoms with Gasteiger partial charge in [-0.05, 0) is 50.3 Å². The van der Waals surface area contributed by atoms with Crippen molar-refractivity contribution in [2.75, 3.05) is 11.9 Å². The maximum Gasteiger partial charge on any atom is 0.255 e. The van der Waals surface area contributed by atoms with Crippen molar-refractivity contribution >= 4 is 29.1 Å². The third-order valence-electron chi connectivity index (χ3n) is 4.55. The summed E-state index contributed by atoms with van der Waals surface area (Å²) in [6, 6.07) is 4.61. The average molecular weight is 352 g/mol. The third-order valence-corrected chi connectivity index (χ3v) is 4.86. The normalized spacial score (nSPS) is 19.2. The molecule has 1 aliphatic heterocycles. The van der Waals surface area contributed by atoms with E-state index in [1.54, 1.807) is 18.2 Å². The number of carbonyl (C=O) groups is 2. The summed E-state index contributed by atoms with van der Waals surface area (Å²) < 4.78 is 0. The lowest BCUT2D eigenvalue weighted by atomic mass is 10.0. The summed E-state index contributed by atoms with van der Waals surface area (Å²) in [4.78, 5) is 26.6. The lowest BCUT2D eigenvalue weighted by Gasteiger charge is -2.33. The minimum absolute atomic E-state index is 0.0434. The van der Waals surface area contributed by atoms with E-state index in [2.05, 4.69) is 12.2 Å². The second-order valence-electron chi connectivity index (χ2n) is 6.80. The molecule has 24 heavy (non-hydrogen) atoms. The number of halogens is 1. The Kier molecular flexibility index (Phi) is 6.24. The van der Waals surface area contributed by atoms with Gasteiger partial charge in [0.25, 0.3) is 5.91 Å². The van der Waals surface area contributed by atoms with Crippen LogP contribution in [0.4, 0.5) is 5.69 Å². The Morgan fingerprint density at radius 1 is 1.33 bits per heavy atom. The van der Waals surface area contributed by atoms with Crippen LogP contribution in [0.15, 0.2) is 18.2 Å². The minimum Gasteiger partial charge on any atom is -0.336 e. The largest absolute Gasteiger partial charge is 0.336 e. The van der Waals surface area contributed by atoms with Crippen LogP contribution < -0.4 is 11.1 Å². The number of nitrogens with two attached hydrogens (primary N) is 1. The monoisotopic (exact) mass is 351 g/mol. The van der Waals surface area contributed by atoms with E-state index in [0.29, 0.717) is 16.3 Å². The van der Waals surface area contributed by atoms with Gasteiger partial charge < -0.3 is 16.0 Å². The molecule has 0 aromatic heterocycles. The van der Waals surface area contributed by atoms with Crippen LogP contribution in [0.3, 0.4) is 0 Å². The number of likely N-dealkylation sites (tertiary alicyclic amines) is 1. The molecule has 5 nitrogen and oxygen atoms in total. The smallest absolute Gasteiger partial charge is 0.255 e. The van der Waals surface area contributed by atoms with Crippen LogP contribution in [-0.4, -0.2) is 35.3 Å². The molecule has 1 unspecified atom stereocenters. The number of hydrogen-bond acceptors (Lipinski definition) is 3. The van der Waals surface area contributed by atoms with Crippen molar-refractivity contribution in [3.63, 3.8) is 0 Å². The first-order chi connectivity index (χ1) is 11.3. The topological polar surface area (TPSA) is 75.4 Å². The van der Waals surface area contributed by atoms with Crippen LogP contribution in [0.2, 0.25) is 5.02 Å². The van der Waals surface area contributed by atoms with Crippen LogP contribution in [0.25, 0.3) is 0 Å². The molecule has 1 aromatic rings. The Hall–Kier alpha value is -1.59. The van der Waals surface area contributed by atoms with E-state index >= 15 is 0 Å². The molecule has 6 heteroatoms. The van der Waals surface area contributed by atoms with Crippen LogP contribution in [0, 0.1) is 5.92 Å². The molecular weight excluding hydrogens is 326 g/mol. The molecule has 1 aromatic carbocycles. The Labute approximate surface area is 148 Å². The number of benzene rings is 1. The molecule has 0 radical (unpaired) electrons. The van der Waals surface area contributed by atoms with Gasteiger partial charge in [0, 0.05) is 18.3 Å². The molecular formula is C18H26ClN3O2. The standard InChI is InChI=1S/C18H26ClN3O2/c1-11(2)16(20)17(23)21-13-7-8-14(15(19)10-13)18(24)22-9-5-4-6-12(22)3/h7-8,10-12,16H,4-6,9,20H2,1-3H3,(H,21,23)/t12?,16-/m0/s1. The third kappa shape index (κ3) is 4.28. The average Bonchev–Trinajstić information content (AvgIpc) is 2.54. The van der Waals surface area contributed by atoms with Crippen molar-refractivity contribution in [1.82, 2.24) is 4.90 Å². The zero-order chi connectivity index (χ0) is 17.9. The molecule has 3 N–H and O–H groups in total. The summed E-state index contributed by atoms with van der Waals surface area (Å²) in [7, 11) is 0. The summed E-state index contributed by atoms with van der Waals surface area (Å²) >= 11 is 6.29. The van der Waals surface area contributed by atoms with Crippen molar-refractivity contribution in [2.24, 2.45) is 11.7 Å². The van der Waals surface area contributed by atoms with Crippen molar-refractivity contribution in [1.29, 1.82) is 0 Å². The molecule has 1 fully saturated rings. The van der Waals surface area contributed by atoms with Crippen molar-refractivity contribution in [3.8, 4) is 0 Å². The van der Waals surface area contributed by atoms with Crippen LogP contribution in [-0.2, 0) is 4.79 Å². The molecule has 1 heterocycles. The number of amides is 2. The maximum absolute atomic E-state index is 12.7. The van der Waals surface area contributed by atoms with Crippen LogP contribution in [0.1, 0.15) is 50.4 Å². The molecule has 0 saturated carbocycles. The molecule has 1 saturated heterocycles. The summed E-state index contributed by atoms with van der Waals surface area (Å²) in [6.45, 7) is 6.60. The molecule has 132 valence electrons. The molecule has 2 amide bonds. The zero-order valence-electron chi connectivity index (χ0n) is 14.5. The Bertz CT molecular complexity index is 618. The molecule has 0 spiro atoms. The lowest BCUT2D eigenvalue weighted by Crippen LogP contribution is -2.42. The fourth-order valence-electron chi connectivity index (χ4n) is 2.85. The number of nitrogens with zero attached hydrogens (tertiary/aromatic N) is 1. The highest BCUT2D eigenvalue weighted by atomic mass is 35.5. The molecule has 1 aliphatic rings. The first-order valence-corrected chi connectivity index (χ1v) is 8.86. The lowest BCUT2D eigenvalue weighted by molar-refractivity contribution is -0.118. The van der Waals surface area contributed by atoms with Gasteiger partial charge in [-0.25, -0.2) is 0 Å². The molecule has 2 rings (SSSR count). The predicted molar refractivity (Wildman–Crippen MR) is 97.2 cm³/mol. The van der Waals surface area contributed by atoms with Gasteiger partial charge in [0.05, 0.1) is 16.6 Å². The van der Waals surface area contributed by atoms with Gasteiger partial charge in [-0.1, -0.05) is 25.4 Å². The van der Waals surface area contributed by atoms with Crippen molar-refractivity contribution in [2.45, 2.75) is 52.1 Å². The second-order valence-corrected chi connectivity index (χ2v) is 7.20. The van der Waals surface area contributed by atoms with Gasteiger partial charge in [0.1, 0.15) is 0 Å². The van der Waals surface area contributed by atoms with E-state index in [1.165, 1.54) is 0 Å². The number of anilines is 1. The van der Waals surface area contributed by atoms with E-state index in [1.807, 2.05) is 18.7 Å². The SMILES string of the molecule is CC(C)[C@H](N)C(=O)Nc1ccc(C(=O)N2CCCCC2C)c(Cl)c1. The first kappa shape index (κ1) is 18.7. The fraction of sp³-hybridized carbons (Fsp3) is 0.556. The first-order valence-electron chi connectivity index (χ1n) is 8.48. The Balaban J connectivity index is 2.12. The van der Waals surface area contributed by atoms with Gasteiger partial charge in [-0.15, -0.1) is 0 Å². The highest BCUT2D eigenvalue weighted by molar-refractivity contribution is 6.34. The van der Waals surface area contributed by atoms with Gasteiger partial charge in [0.15, 0.2) is 0 Å². The van der Waals surface area contributed by atoms with E-state index in [0.717, 1.165) is 25.8 Å². The summed E-state index contributed by atoms with van der Waals surface area (Å²) in [5.74, 6) is -0.268. The van der Waals surface area contributed by atoms with E-state index < -0.39 is 6.04 Å². The van der Waals surface area contributed by atoms with Crippen molar-refractivity contribution < 1.29 is 9.59 Å². The fourth-order valence-corrected chi connectivity index (χ4v) is 3.11. The van der Waals surface area contributed by atoms with E-state index in [4.69, 9.17) is 17.3 Å². The minimum atomic E-state index is -0.584. The molecule has 0 aliphatic carbocycles. The van der Waals surface area contributed by atoms with E-state index in [9.17, 15) is 9.59 Å². The highest BCUT2D eigenvalue weighted by Gasteiger charge is 2.26. The Morgan fingerprint density at radius 2 is 2.04 bits per heavy atom. The summed E-state index contributed by atoms with van der Waals surface area (Å²) in [5, 5.41) is 3.09. The van der Waals surface area contributed by atoms with Gasteiger partial charge in [-0.2, -0.15) is 0 Å². The second kappa shape index (κ2) is 7.99. The number of hydrogen-bond donors (Lipinski definition) is 2. The van der Waals surface area contributed by atoms with Gasteiger partial charge >= 0.3 is 0 Å². The number of carbonyl (C=O) groups excluding carboxylic acids is 2. The number of rotatable bonds is 4. The number of nitrogens with one attached hydrogen (secondary N) is 1. The molecule has 0 bridgehead atoms. The van der Waals surface area contributed by atoms with Crippen molar-refractivity contribution in [3.05, 3.63) is 28.8 Å². The van der Waals surface area contributed by atoms with Gasteiger partial charge in [0.2, 0.25) is 5.91 Å². The number of piperidine rings is 1. The highest BCUT2D eigenvalue weighted by Crippen LogP contribution is 2.26. The zero-order valence-corrected chi connectivity index (χ0v) is 15.3. The van der Waals surface area contributed by atoms with Gasteiger partial charge in [-0.3, -0.25) is 9.59 Å².